The highest BCUT2D eigenvalue weighted by molar-refractivity contribution is 7.13. The predicted octanol–water partition coefficient (Wildman–Crippen LogP) is 1.61. The molecule has 0 saturated carbocycles. The fourth-order valence-corrected chi connectivity index (χ4v) is 2.69. The molecule has 6 heteroatoms. The Kier molecular flexibility index (Phi) is 3.52. The topological polar surface area (TPSA) is 66.6 Å². The molecule has 1 fully saturated rings. The number of β-amino-alcohol motifs (C(OH)–C–C–N with tert-alkyl or cyclic N) is 1. The minimum absolute atomic E-state index is 0.188. The molecule has 0 radical (unpaired) electrons. The number of aliphatic hydroxyl groups excluding tert-OH is 1. The second-order valence-corrected chi connectivity index (χ2v) is 4.97. The first-order valence-corrected chi connectivity index (χ1v) is 6.15. The summed E-state index contributed by atoms with van der Waals surface area (Å²) < 4.78 is 0. The Bertz CT molecular complexity index is 380. The number of thiophene rings is 1. The second kappa shape index (κ2) is 4.90. The van der Waals surface area contributed by atoms with Gasteiger partial charge in [0.25, 0.3) is 0 Å². The lowest BCUT2D eigenvalue weighted by Crippen LogP contribution is -2.37. The van der Waals surface area contributed by atoms with Crippen LogP contribution in [0.25, 0.3) is 0 Å². The molecule has 1 N–H and O–H groups in total. The molecule has 88 valence electrons. The summed E-state index contributed by atoms with van der Waals surface area (Å²) in [5, 5.41) is 22.0. The van der Waals surface area contributed by atoms with E-state index in [-0.39, 0.29) is 16.0 Å². The van der Waals surface area contributed by atoms with Crippen LogP contribution in [0.3, 0.4) is 0 Å². The van der Waals surface area contributed by atoms with Gasteiger partial charge in [-0.25, -0.2) is 0 Å². The van der Waals surface area contributed by atoms with Crippen LogP contribution in [0.4, 0.5) is 5.00 Å². The monoisotopic (exact) mass is 242 g/mol. The Hall–Kier alpha value is -0.980. The quantitative estimate of drug-likeness (QED) is 0.646. The van der Waals surface area contributed by atoms with E-state index in [0.717, 1.165) is 36.3 Å². The molecule has 1 unspecified atom stereocenters. The van der Waals surface area contributed by atoms with Crippen molar-refractivity contribution in [2.45, 2.75) is 25.5 Å². The van der Waals surface area contributed by atoms with Crippen molar-refractivity contribution in [3.63, 3.8) is 0 Å². The van der Waals surface area contributed by atoms with Crippen molar-refractivity contribution in [2.24, 2.45) is 0 Å². The lowest BCUT2D eigenvalue weighted by molar-refractivity contribution is -0.380. The molecule has 5 nitrogen and oxygen atoms in total. The molecule has 16 heavy (non-hydrogen) atoms. The summed E-state index contributed by atoms with van der Waals surface area (Å²) in [4.78, 5) is 12.3. The zero-order valence-electron chi connectivity index (χ0n) is 8.83. The Morgan fingerprint density at radius 3 is 3.12 bits per heavy atom. The van der Waals surface area contributed by atoms with Gasteiger partial charge in [-0.2, -0.15) is 0 Å². The molecule has 0 spiro atoms. The second-order valence-electron chi connectivity index (χ2n) is 4.08. The van der Waals surface area contributed by atoms with Crippen molar-refractivity contribution in [3.8, 4) is 0 Å². The number of hydrogen-bond donors (Lipinski definition) is 1. The number of hydrogen-bond acceptors (Lipinski definition) is 5. The van der Waals surface area contributed by atoms with Gasteiger partial charge in [-0.1, -0.05) is 11.3 Å². The molecule has 1 aromatic rings. The van der Waals surface area contributed by atoms with Crippen LogP contribution in [0.5, 0.6) is 0 Å². The van der Waals surface area contributed by atoms with E-state index >= 15 is 0 Å². The molecule has 0 amide bonds. The highest BCUT2D eigenvalue weighted by Gasteiger charge is 2.19. The molecule has 1 saturated heterocycles. The van der Waals surface area contributed by atoms with Crippen molar-refractivity contribution < 1.29 is 10.0 Å². The van der Waals surface area contributed by atoms with E-state index in [1.807, 2.05) is 5.38 Å². The van der Waals surface area contributed by atoms with Gasteiger partial charge in [0.1, 0.15) is 0 Å². The number of likely N-dealkylation sites (tertiary alicyclic amines) is 1. The first kappa shape index (κ1) is 11.5. The average Bonchev–Trinajstić information content (AvgIpc) is 2.66. The first-order chi connectivity index (χ1) is 7.65. The maximum atomic E-state index is 10.5. The minimum atomic E-state index is -0.362. The molecule has 1 atom stereocenters. The summed E-state index contributed by atoms with van der Waals surface area (Å²) in [5.74, 6) is 0. The lowest BCUT2D eigenvalue weighted by Gasteiger charge is -2.29. The lowest BCUT2D eigenvalue weighted by atomic mass is 10.1. The number of nitrogens with zero attached hydrogens (tertiary/aromatic N) is 2. The maximum Gasteiger partial charge on any atom is 0.324 e. The van der Waals surface area contributed by atoms with Crippen molar-refractivity contribution in [1.82, 2.24) is 4.90 Å². The van der Waals surface area contributed by atoms with Gasteiger partial charge in [-0.05, 0) is 24.9 Å². The Morgan fingerprint density at radius 1 is 1.69 bits per heavy atom. The van der Waals surface area contributed by atoms with E-state index in [1.165, 1.54) is 0 Å². The molecule has 1 aromatic heterocycles. The number of nitro groups is 1. The average molecular weight is 242 g/mol. The molecular weight excluding hydrogens is 228 g/mol. The molecule has 1 aliphatic heterocycles. The van der Waals surface area contributed by atoms with E-state index in [2.05, 4.69) is 4.90 Å². The molecule has 2 rings (SSSR count). The van der Waals surface area contributed by atoms with Gasteiger partial charge in [0.15, 0.2) is 0 Å². The van der Waals surface area contributed by atoms with E-state index < -0.39 is 0 Å². The van der Waals surface area contributed by atoms with Gasteiger partial charge in [0.05, 0.1) is 11.0 Å². The third-order valence-corrected chi connectivity index (χ3v) is 3.64. The van der Waals surface area contributed by atoms with Crippen LogP contribution in [0.1, 0.15) is 18.4 Å². The summed E-state index contributed by atoms with van der Waals surface area (Å²) in [6, 6.07) is 1.62. The standard InChI is InChI=1S/C10H14N2O3S/c13-9-2-1-3-11(6-9)5-8-4-10(12(14)15)16-7-8/h4,7,9,13H,1-3,5-6H2. The van der Waals surface area contributed by atoms with Crippen LogP contribution in [0.15, 0.2) is 11.4 Å². The summed E-state index contributed by atoms with van der Waals surface area (Å²) in [7, 11) is 0. The van der Waals surface area contributed by atoms with E-state index in [9.17, 15) is 15.2 Å². The largest absolute Gasteiger partial charge is 0.392 e. The zero-order valence-corrected chi connectivity index (χ0v) is 9.65. The molecule has 1 aliphatic rings. The summed E-state index contributed by atoms with van der Waals surface area (Å²) in [5.41, 5.74) is 0.964. The van der Waals surface area contributed by atoms with Crippen molar-refractivity contribution in [2.75, 3.05) is 13.1 Å². The summed E-state index contributed by atoms with van der Waals surface area (Å²) in [6.07, 6.45) is 1.61. The van der Waals surface area contributed by atoms with Crippen molar-refractivity contribution in [1.29, 1.82) is 0 Å². The third-order valence-electron chi connectivity index (χ3n) is 2.71. The third kappa shape index (κ3) is 2.78. The molecule has 2 heterocycles. The van der Waals surface area contributed by atoms with E-state index in [0.29, 0.717) is 13.1 Å². The van der Waals surface area contributed by atoms with Crippen molar-refractivity contribution in [3.05, 3.63) is 27.1 Å². The highest BCUT2D eigenvalue weighted by Crippen LogP contribution is 2.24. The molecule has 0 aromatic carbocycles. The Morgan fingerprint density at radius 2 is 2.50 bits per heavy atom. The summed E-state index contributed by atoms with van der Waals surface area (Å²) >= 11 is 1.16. The maximum absolute atomic E-state index is 10.5. The van der Waals surface area contributed by atoms with Gasteiger partial charge in [-0.3, -0.25) is 15.0 Å². The highest BCUT2D eigenvalue weighted by atomic mass is 32.1. The van der Waals surface area contributed by atoms with Crippen LogP contribution >= 0.6 is 11.3 Å². The fourth-order valence-electron chi connectivity index (χ4n) is 1.97. The van der Waals surface area contributed by atoms with Crippen LogP contribution in [-0.2, 0) is 6.54 Å². The predicted molar refractivity (Wildman–Crippen MR) is 61.5 cm³/mol. The molecule has 0 bridgehead atoms. The number of aliphatic hydroxyl groups is 1. The Labute approximate surface area is 97.5 Å². The van der Waals surface area contributed by atoms with Gasteiger partial charge in [0.2, 0.25) is 0 Å². The fraction of sp³-hybridized carbons (Fsp3) is 0.600. The minimum Gasteiger partial charge on any atom is -0.392 e. The zero-order chi connectivity index (χ0) is 11.5. The first-order valence-electron chi connectivity index (χ1n) is 5.27. The SMILES string of the molecule is O=[N+]([O-])c1cc(CN2CCCC(O)C2)cs1. The van der Waals surface area contributed by atoms with Crippen LogP contribution < -0.4 is 0 Å². The number of rotatable bonds is 3. The normalized spacial score (nSPS) is 22.2. The van der Waals surface area contributed by atoms with Gasteiger partial charge >= 0.3 is 5.00 Å². The van der Waals surface area contributed by atoms with Gasteiger partial charge in [0, 0.05) is 24.5 Å². The van der Waals surface area contributed by atoms with Crippen molar-refractivity contribution >= 4 is 16.3 Å². The van der Waals surface area contributed by atoms with Crippen LogP contribution in [0.2, 0.25) is 0 Å². The number of piperidine rings is 1. The van der Waals surface area contributed by atoms with Gasteiger partial charge < -0.3 is 5.11 Å². The smallest absolute Gasteiger partial charge is 0.324 e. The van der Waals surface area contributed by atoms with Gasteiger partial charge in [-0.15, -0.1) is 0 Å². The van der Waals surface area contributed by atoms with E-state index in [4.69, 9.17) is 0 Å². The van der Waals surface area contributed by atoms with E-state index in [1.54, 1.807) is 6.07 Å². The summed E-state index contributed by atoms with van der Waals surface area (Å²) in [6.45, 7) is 2.33. The molecule has 0 aliphatic carbocycles. The molecular formula is C10H14N2O3S. The van der Waals surface area contributed by atoms with Crippen LogP contribution in [0, 0.1) is 10.1 Å². The van der Waals surface area contributed by atoms with Crippen LogP contribution in [-0.4, -0.2) is 34.1 Å². The Balaban J connectivity index is 1.95.